The van der Waals surface area contributed by atoms with Gasteiger partial charge in [-0.1, -0.05) is 6.07 Å². The van der Waals surface area contributed by atoms with Crippen molar-refractivity contribution in [3.05, 3.63) is 42.2 Å². The van der Waals surface area contributed by atoms with E-state index in [9.17, 15) is 4.79 Å². The molecule has 0 aliphatic heterocycles. The highest BCUT2D eigenvalue weighted by Gasteiger charge is 2.17. The molecule has 1 heterocycles. The lowest BCUT2D eigenvalue weighted by Gasteiger charge is -2.13. The number of pyridine rings is 1. The molecular formula is C15H15NO3. The molecule has 4 nitrogen and oxygen atoms in total. The van der Waals surface area contributed by atoms with Gasteiger partial charge < -0.3 is 9.47 Å². The van der Waals surface area contributed by atoms with Gasteiger partial charge in [0, 0.05) is 18.0 Å². The van der Waals surface area contributed by atoms with Gasteiger partial charge in [-0.25, -0.2) is 0 Å². The van der Waals surface area contributed by atoms with Crippen molar-refractivity contribution in [2.24, 2.45) is 0 Å². The summed E-state index contributed by atoms with van der Waals surface area (Å²) in [6.45, 7) is 1.49. The van der Waals surface area contributed by atoms with Gasteiger partial charge in [-0.2, -0.15) is 0 Å². The third-order valence-electron chi connectivity index (χ3n) is 2.85. The van der Waals surface area contributed by atoms with Gasteiger partial charge in [0.2, 0.25) is 0 Å². The molecule has 19 heavy (non-hydrogen) atoms. The Kier molecular flexibility index (Phi) is 3.80. The molecule has 0 fully saturated rings. The third kappa shape index (κ3) is 2.57. The van der Waals surface area contributed by atoms with Crippen LogP contribution in [0.2, 0.25) is 0 Å². The molecule has 0 N–H and O–H groups in total. The molecule has 0 bridgehead atoms. The highest BCUT2D eigenvalue weighted by molar-refractivity contribution is 6.00. The van der Waals surface area contributed by atoms with Gasteiger partial charge >= 0.3 is 0 Å². The standard InChI is InChI=1S/C15H15NO3/c1-10(17)15-13(18-2)7-12(8-14(15)19-3)11-5-4-6-16-9-11/h4-9H,1-3H3. The smallest absolute Gasteiger partial charge is 0.167 e. The molecule has 0 amide bonds. The maximum absolute atomic E-state index is 11.7. The van der Waals surface area contributed by atoms with E-state index in [0.717, 1.165) is 11.1 Å². The summed E-state index contributed by atoms with van der Waals surface area (Å²) in [6.07, 6.45) is 3.46. The number of nitrogens with zero attached hydrogens (tertiary/aromatic N) is 1. The van der Waals surface area contributed by atoms with E-state index in [1.54, 1.807) is 12.4 Å². The molecule has 0 aliphatic rings. The van der Waals surface area contributed by atoms with Gasteiger partial charge in [-0.15, -0.1) is 0 Å². The number of Topliss-reactive ketones (excluding diaryl/α,β-unsaturated/α-hetero) is 1. The minimum atomic E-state index is -0.0913. The van der Waals surface area contributed by atoms with Crippen LogP contribution in [0.4, 0.5) is 0 Å². The van der Waals surface area contributed by atoms with Gasteiger partial charge in [0.05, 0.1) is 14.2 Å². The fourth-order valence-electron chi connectivity index (χ4n) is 1.96. The number of carbonyl (C=O) groups excluding carboxylic acids is 1. The molecule has 2 rings (SSSR count). The summed E-state index contributed by atoms with van der Waals surface area (Å²) < 4.78 is 10.6. The summed E-state index contributed by atoms with van der Waals surface area (Å²) in [4.78, 5) is 15.8. The first-order valence-corrected chi connectivity index (χ1v) is 5.84. The lowest BCUT2D eigenvalue weighted by atomic mass is 10.0. The van der Waals surface area contributed by atoms with Crippen LogP contribution in [0.15, 0.2) is 36.7 Å². The van der Waals surface area contributed by atoms with Crippen LogP contribution in [-0.4, -0.2) is 25.0 Å². The molecule has 0 atom stereocenters. The highest BCUT2D eigenvalue weighted by atomic mass is 16.5. The van der Waals surface area contributed by atoms with Crippen LogP contribution in [0.25, 0.3) is 11.1 Å². The minimum absolute atomic E-state index is 0.0913. The summed E-state index contributed by atoms with van der Waals surface area (Å²) in [5.41, 5.74) is 2.29. The zero-order valence-electron chi connectivity index (χ0n) is 11.1. The molecular weight excluding hydrogens is 242 g/mol. The lowest BCUT2D eigenvalue weighted by Crippen LogP contribution is -2.02. The van der Waals surface area contributed by atoms with Crippen LogP contribution < -0.4 is 9.47 Å². The molecule has 0 saturated carbocycles. The Morgan fingerprint density at radius 1 is 1.11 bits per heavy atom. The van der Waals surface area contributed by atoms with Crippen molar-refractivity contribution in [3.63, 3.8) is 0 Å². The van der Waals surface area contributed by atoms with E-state index < -0.39 is 0 Å². The Labute approximate surface area is 112 Å². The Bertz CT molecular complexity index is 569. The molecule has 98 valence electrons. The van der Waals surface area contributed by atoms with Crippen LogP contribution in [0.1, 0.15) is 17.3 Å². The zero-order chi connectivity index (χ0) is 13.8. The second kappa shape index (κ2) is 5.52. The number of ether oxygens (including phenoxy) is 2. The van der Waals surface area contributed by atoms with Gasteiger partial charge in [-0.05, 0) is 30.7 Å². The fraction of sp³-hybridized carbons (Fsp3) is 0.200. The van der Waals surface area contributed by atoms with E-state index in [-0.39, 0.29) is 5.78 Å². The number of benzene rings is 1. The molecule has 4 heteroatoms. The second-order valence-electron chi connectivity index (χ2n) is 4.05. The van der Waals surface area contributed by atoms with Crippen LogP contribution in [0.3, 0.4) is 0 Å². The predicted molar refractivity (Wildman–Crippen MR) is 72.8 cm³/mol. The molecule has 1 aromatic carbocycles. The number of rotatable bonds is 4. The SMILES string of the molecule is COc1cc(-c2cccnc2)cc(OC)c1C(C)=O. The fourth-order valence-corrected chi connectivity index (χ4v) is 1.96. The van der Waals surface area contributed by atoms with Crippen LogP contribution in [0.5, 0.6) is 11.5 Å². The topological polar surface area (TPSA) is 48.4 Å². The molecule has 2 aromatic rings. The van der Waals surface area contributed by atoms with Crippen molar-refractivity contribution in [3.8, 4) is 22.6 Å². The predicted octanol–water partition coefficient (Wildman–Crippen LogP) is 2.97. The van der Waals surface area contributed by atoms with E-state index in [0.29, 0.717) is 17.1 Å². The second-order valence-corrected chi connectivity index (χ2v) is 4.05. The van der Waals surface area contributed by atoms with E-state index in [2.05, 4.69) is 4.98 Å². The summed E-state index contributed by atoms with van der Waals surface area (Å²) in [5, 5.41) is 0. The highest BCUT2D eigenvalue weighted by Crippen LogP contribution is 2.35. The molecule has 0 radical (unpaired) electrons. The normalized spacial score (nSPS) is 10.1. The molecule has 0 aliphatic carbocycles. The van der Waals surface area contributed by atoms with Gasteiger partial charge in [-0.3, -0.25) is 9.78 Å². The van der Waals surface area contributed by atoms with Crippen molar-refractivity contribution >= 4 is 5.78 Å². The third-order valence-corrected chi connectivity index (χ3v) is 2.85. The summed E-state index contributed by atoms with van der Waals surface area (Å²) in [7, 11) is 3.07. The quantitative estimate of drug-likeness (QED) is 0.790. The Morgan fingerprint density at radius 3 is 2.16 bits per heavy atom. The Morgan fingerprint density at radius 2 is 1.74 bits per heavy atom. The van der Waals surface area contributed by atoms with E-state index in [1.807, 2.05) is 24.3 Å². The van der Waals surface area contributed by atoms with Crippen molar-refractivity contribution in [2.75, 3.05) is 14.2 Å². The van der Waals surface area contributed by atoms with Gasteiger partial charge in [0.25, 0.3) is 0 Å². The number of carbonyl (C=O) groups is 1. The van der Waals surface area contributed by atoms with Gasteiger partial charge in [0.1, 0.15) is 17.1 Å². The number of hydrogen-bond donors (Lipinski definition) is 0. The average Bonchev–Trinajstić information content (AvgIpc) is 2.46. The molecule has 1 aromatic heterocycles. The Hall–Kier alpha value is -2.36. The van der Waals surface area contributed by atoms with Crippen LogP contribution >= 0.6 is 0 Å². The lowest BCUT2D eigenvalue weighted by molar-refractivity contribution is 0.101. The minimum Gasteiger partial charge on any atom is -0.496 e. The van der Waals surface area contributed by atoms with Crippen molar-refractivity contribution < 1.29 is 14.3 Å². The molecule has 0 unspecified atom stereocenters. The monoisotopic (exact) mass is 257 g/mol. The van der Waals surface area contributed by atoms with E-state index >= 15 is 0 Å². The van der Waals surface area contributed by atoms with Crippen LogP contribution in [0, 0.1) is 0 Å². The summed E-state index contributed by atoms with van der Waals surface area (Å²) in [6, 6.07) is 7.42. The van der Waals surface area contributed by atoms with Crippen molar-refractivity contribution in [1.29, 1.82) is 0 Å². The average molecular weight is 257 g/mol. The summed E-state index contributed by atoms with van der Waals surface area (Å²) >= 11 is 0. The maximum atomic E-state index is 11.7. The summed E-state index contributed by atoms with van der Waals surface area (Å²) in [5.74, 6) is 0.919. The largest absolute Gasteiger partial charge is 0.496 e. The zero-order valence-corrected chi connectivity index (χ0v) is 11.1. The number of hydrogen-bond acceptors (Lipinski definition) is 4. The number of ketones is 1. The number of aromatic nitrogens is 1. The maximum Gasteiger partial charge on any atom is 0.167 e. The molecule has 0 saturated heterocycles. The van der Waals surface area contributed by atoms with Crippen molar-refractivity contribution in [2.45, 2.75) is 6.92 Å². The first-order chi connectivity index (χ1) is 9.17. The van der Waals surface area contributed by atoms with E-state index in [1.165, 1.54) is 21.1 Å². The van der Waals surface area contributed by atoms with Crippen LogP contribution in [-0.2, 0) is 0 Å². The van der Waals surface area contributed by atoms with Crippen molar-refractivity contribution in [1.82, 2.24) is 4.98 Å². The first-order valence-electron chi connectivity index (χ1n) is 5.84. The molecule has 0 spiro atoms. The number of methoxy groups -OCH3 is 2. The Balaban J connectivity index is 2.63. The van der Waals surface area contributed by atoms with E-state index in [4.69, 9.17) is 9.47 Å². The first kappa shape index (κ1) is 13.1. The van der Waals surface area contributed by atoms with Gasteiger partial charge in [0.15, 0.2) is 5.78 Å².